The van der Waals surface area contributed by atoms with Crippen molar-refractivity contribution in [3.8, 4) is 21.7 Å². The Kier molecular flexibility index (Phi) is 5.17. The van der Waals surface area contributed by atoms with E-state index in [2.05, 4.69) is 56.8 Å². The smallest absolute Gasteiger partial charge is 0.130 e. The van der Waals surface area contributed by atoms with Gasteiger partial charge in [-0.05, 0) is 38.5 Å². The monoisotopic (exact) mass is 339 g/mol. The Bertz CT molecular complexity index is 799. The van der Waals surface area contributed by atoms with Gasteiger partial charge in [-0.2, -0.15) is 0 Å². The molecular weight excluding hydrogens is 318 g/mol. The van der Waals surface area contributed by atoms with E-state index in [1.807, 2.05) is 31.5 Å². The van der Waals surface area contributed by atoms with E-state index in [9.17, 15) is 0 Å². The van der Waals surface area contributed by atoms with Crippen LogP contribution in [0.4, 0.5) is 5.82 Å². The number of aryl methyl sites for hydroxylation is 1. The number of anilines is 1. The molecule has 0 aliphatic heterocycles. The summed E-state index contributed by atoms with van der Waals surface area (Å²) in [6.07, 6.45) is 3.74. The van der Waals surface area contributed by atoms with Crippen LogP contribution in [0.2, 0.25) is 0 Å². The molecule has 5 nitrogen and oxygen atoms in total. The van der Waals surface area contributed by atoms with Crippen molar-refractivity contribution in [2.75, 3.05) is 32.5 Å². The average molecular weight is 339 g/mol. The first kappa shape index (κ1) is 16.5. The summed E-state index contributed by atoms with van der Waals surface area (Å²) in [5, 5.41) is 5.43. The minimum absolute atomic E-state index is 0.751. The highest BCUT2D eigenvalue weighted by atomic mass is 32.1. The Morgan fingerprint density at radius 3 is 2.71 bits per heavy atom. The molecule has 0 aliphatic rings. The summed E-state index contributed by atoms with van der Waals surface area (Å²) in [6.45, 7) is 3.71. The molecule has 0 saturated carbocycles. The molecule has 0 amide bonds. The van der Waals surface area contributed by atoms with E-state index in [1.54, 1.807) is 11.3 Å². The number of thiophene rings is 1. The third kappa shape index (κ3) is 4.15. The van der Waals surface area contributed by atoms with E-state index in [1.165, 1.54) is 4.88 Å². The average Bonchev–Trinajstić information content (AvgIpc) is 3.09. The van der Waals surface area contributed by atoms with Gasteiger partial charge in [0.05, 0.1) is 5.69 Å². The molecule has 0 radical (unpaired) electrons. The predicted octanol–water partition coefficient (Wildman–Crippen LogP) is 3.55. The van der Waals surface area contributed by atoms with Crippen molar-refractivity contribution in [3.63, 3.8) is 0 Å². The van der Waals surface area contributed by atoms with E-state index < -0.39 is 0 Å². The molecule has 24 heavy (non-hydrogen) atoms. The zero-order chi connectivity index (χ0) is 16.9. The van der Waals surface area contributed by atoms with Crippen molar-refractivity contribution in [3.05, 3.63) is 47.9 Å². The molecule has 3 rings (SSSR count). The van der Waals surface area contributed by atoms with Crippen LogP contribution in [0.25, 0.3) is 21.7 Å². The van der Waals surface area contributed by atoms with Crippen LogP contribution in [0.3, 0.4) is 0 Å². The number of hydrogen-bond donors (Lipinski definition) is 1. The van der Waals surface area contributed by atoms with Crippen molar-refractivity contribution in [2.45, 2.75) is 6.92 Å². The predicted molar refractivity (Wildman–Crippen MR) is 100 cm³/mol. The summed E-state index contributed by atoms with van der Waals surface area (Å²) < 4.78 is 0. The highest BCUT2D eigenvalue weighted by Crippen LogP contribution is 2.28. The van der Waals surface area contributed by atoms with Gasteiger partial charge in [-0.25, -0.2) is 9.97 Å². The van der Waals surface area contributed by atoms with E-state index in [4.69, 9.17) is 0 Å². The van der Waals surface area contributed by atoms with E-state index >= 15 is 0 Å². The van der Waals surface area contributed by atoms with Crippen molar-refractivity contribution in [1.82, 2.24) is 19.9 Å². The molecule has 0 bridgehead atoms. The largest absolute Gasteiger partial charge is 0.369 e. The maximum atomic E-state index is 4.57. The second-order valence-electron chi connectivity index (χ2n) is 5.86. The number of nitrogens with one attached hydrogen (secondary N) is 1. The molecule has 3 aromatic heterocycles. The Morgan fingerprint density at radius 2 is 1.96 bits per heavy atom. The maximum Gasteiger partial charge on any atom is 0.130 e. The molecule has 0 spiro atoms. The van der Waals surface area contributed by atoms with E-state index in [0.29, 0.717) is 0 Å². The standard InChI is InChI=1S/C18H21N5S/c1-13-21-16(10-18(22-13)20-6-7-23(2)3)14-9-15(12-19-11-14)17-5-4-8-24-17/h4-5,8-12H,6-7H2,1-3H3,(H,20,21,22). The quantitative estimate of drug-likeness (QED) is 0.744. The molecule has 0 aromatic carbocycles. The lowest BCUT2D eigenvalue weighted by Gasteiger charge is -2.12. The van der Waals surface area contributed by atoms with Crippen LogP contribution in [0.1, 0.15) is 5.82 Å². The molecule has 6 heteroatoms. The van der Waals surface area contributed by atoms with Gasteiger partial charge in [0.1, 0.15) is 11.6 Å². The first-order valence-electron chi connectivity index (χ1n) is 7.85. The number of nitrogens with zero attached hydrogens (tertiary/aromatic N) is 4. The fourth-order valence-corrected chi connectivity index (χ4v) is 3.08. The first-order chi connectivity index (χ1) is 11.6. The summed E-state index contributed by atoms with van der Waals surface area (Å²) in [7, 11) is 4.11. The summed E-state index contributed by atoms with van der Waals surface area (Å²) in [6, 6.07) is 8.27. The van der Waals surface area contributed by atoms with E-state index in [-0.39, 0.29) is 0 Å². The van der Waals surface area contributed by atoms with Gasteiger partial charge in [-0.3, -0.25) is 4.98 Å². The van der Waals surface area contributed by atoms with Gasteiger partial charge in [-0.1, -0.05) is 6.07 Å². The highest BCUT2D eigenvalue weighted by Gasteiger charge is 2.07. The molecule has 1 N–H and O–H groups in total. The third-order valence-corrected chi connectivity index (χ3v) is 4.46. The van der Waals surface area contributed by atoms with Gasteiger partial charge in [0.15, 0.2) is 0 Å². The molecular formula is C18H21N5S. The zero-order valence-corrected chi connectivity index (χ0v) is 15.0. The van der Waals surface area contributed by atoms with Gasteiger partial charge in [0, 0.05) is 47.6 Å². The minimum atomic E-state index is 0.751. The minimum Gasteiger partial charge on any atom is -0.369 e. The summed E-state index contributed by atoms with van der Waals surface area (Å²) in [5.41, 5.74) is 3.00. The van der Waals surface area contributed by atoms with Crippen LogP contribution in [0, 0.1) is 6.92 Å². The molecule has 3 aromatic rings. The Morgan fingerprint density at radius 1 is 1.12 bits per heavy atom. The Hall–Kier alpha value is -2.31. The fraction of sp³-hybridized carbons (Fsp3) is 0.278. The zero-order valence-electron chi connectivity index (χ0n) is 14.2. The Labute approximate surface area is 146 Å². The SMILES string of the molecule is Cc1nc(NCCN(C)C)cc(-c2cncc(-c3cccs3)c2)n1. The number of rotatable bonds is 6. The molecule has 124 valence electrons. The van der Waals surface area contributed by atoms with Gasteiger partial charge in [0.2, 0.25) is 0 Å². The first-order valence-corrected chi connectivity index (χ1v) is 8.73. The van der Waals surface area contributed by atoms with Crippen LogP contribution in [0.5, 0.6) is 0 Å². The normalized spacial score (nSPS) is 11.0. The maximum absolute atomic E-state index is 4.57. The van der Waals surface area contributed by atoms with Crippen LogP contribution in [-0.4, -0.2) is 47.0 Å². The molecule has 0 saturated heterocycles. The fourth-order valence-electron chi connectivity index (χ4n) is 2.37. The molecule has 0 atom stereocenters. The number of hydrogen-bond acceptors (Lipinski definition) is 6. The summed E-state index contributed by atoms with van der Waals surface area (Å²) in [5.74, 6) is 1.60. The van der Waals surface area contributed by atoms with Gasteiger partial charge >= 0.3 is 0 Å². The lowest BCUT2D eigenvalue weighted by molar-refractivity contribution is 0.425. The van der Waals surface area contributed by atoms with Crippen LogP contribution in [-0.2, 0) is 0 Å². The third-order valence-electron chi connectivity index (χ3n) is 3.54. The van der Waals surface area contributed by atoms with Gasteiger partial charge in [0.25, 0.3) is 0 Å². The van der Waals surface area contributed by atoms with Crippen molar-refractivity contribution in [1.29, 1.82) is 0 Å². The summed E-state index contributed by atoms with van der Waals surface area (Å²) in [4.78, 5) is 16.8. The van der Waals surface area contributed by atoms with Gasteiger partial charge in [-0.15, -0.1) is 11.3 Å². The molecule has 0 fully saturated rings. The molecule has 3 heterocycles. The van der Waals surface area contributed by atoms with Crippen LogP contribution in [0.15, 0.2) is 42.0 Å². The topological polar surface area (TPSA) is 53.9 Å². The lowest BCUT2D eigenvalue weighted by atomic mass is 10.1. The number of likely N-dealkylation sites (N-methyl/N-ethyl adjacent to an activating group) is 1. The number of aromatic nitrogens is 3. The summed E-state index contributed by atoms with van der Waals surface area (Å²) >= 11 is 1.71. The van der Waals surface area contributed by atoms with Crippen LogP contribution >= 0.6 is 11.3 Å². The molecule has 0 unspecified atom stereocenters. The highest BCUT2D eigenvalue weighted by molar-refractivity contribution is 7.13. The van der Waals surface area contributed by atoms with E-state index in [0.717, 1.165) is 41.6 Å². The van der Waals surface area contributed by atoms with Crippen molar-refractivity contribution < 1.29 is 0 Å². The van der Waals surface area contributed by atoms with Crippen LogP contribution < -0.4 is 5.32 Å². The Balaban J connectivity index is 1.86. The second-order valence-corrected chi connectivity index (χ2v) is 6.80. The van der Waals surface area contributed by atoms with Crippen molar-refractivity contribution in [2.24, 2.45) is 0 Å². The lowest BCUT2D eigenvalue weighted by Crippen LogP contribution is -2.21. The van der Waals surface area contributed by atoms with Crippen molar-refractivity contribution >= 4 is 17.2 Å². The second kappa shape index (κ2) is 7.51. The number of pyridine rings is 1. The molecule has 0 aliphatic carbocycles. The van der Waals surface area contributed by atoms with Gasteiger partial charge < -0.3 is 10.2 Å².